The molecule has 20 heavy (non-hydrogen) atoms. The third-order valence-electron chi connectivity index (χ3n) is 3.50. The van der Waals surface area contributed by atoms with Gasteiger partial charge in [-0.25, -0.2) is 9.59 Å². The third-order valence-corrected chi connectivity index (χ3v) is 3.50. The van der Waals surface area contributed by atoms with Crippen molar-refractivity contribution < 1.29 is 14.7 Å². The van der Waals surface area contributed by atoms with Crippen LogP contribution in [-0.4, -0.2) is 44.8 Å². The van der Waals surface area contributed by atoms with Gasteiger partial charge in [0.25, 0.3) is 0 Å². The molecule has 1 fully saturated rings. The standard InChI is InChI=1S/C13H18N4O3/c1-9-4-3-7-17(11(9)12(18)19)13(20)14-8-10-5-2-6-15-16-10/h2,5-6,9,11H,3-4,7-8H2,1H3,(H,14,20)(H,18,19). The zero-order chi connectivity index (χ0) is 14.5. The Morgan fingerprint density at radius 1 is 1.55 bits per heavy atom. The van der Waals surface area contributed by atoms with Crippen molar-refractivity contribution in [2.24, 2.45) is 5.92 Å². The molecule has 1 saturated heterocycles. The maximum Gasteiger partial charge on any atom is 0.326 e. The van der Waals surface area contributed by atoms with E-state index in [2.05, 4.69) is 15.5 Å². The summed E-state index contributed by atoms with van der Waals surface area (Å²) in [6, 6.07) is 2.36. The van der Waals surface area contributed by atoms with Crippen molar-refractivity contribution in [3.8, 4) is 0 Å². The van der Waals surface area contributed by atoms with Gasteiger partial charge >= 0.3 is 12.0 Å². The van der Waals surface area contributed by atoms with Gasteiger partial charge in [0, 0.05) is 12.7 Å². The van der Waals surface area contributed by atoms with Gasteiger partial charge in [-0.2, -0.15) is 10.2 Å². The first-order chi connectivity index (χ1) is 9.59. The molecule has 2 rings (SSSR count). The van der Waals surface area contributed by atoms with E-state index in [0.717, 1.165) is 12.8 Å². The van der Waals surface area contributed by atoms with Crippen LogP contribution in [0.3, 0.4) is 0 Å². The summed E-state index contributed by atoms with van der Waals surface area (Å²) in [7, 11) is 0. The number of nitrogens with zero attached hydrogens (tertiary/aromatic N) is 3. The van der Waals surface area contributed by atoms with Gasteiger partial charge in [0.2, 0.25) is 0 Å². The molecule has 0 saturated carbocycles. The van der Waals surface area contributed by atoms with Gasteiger partial charge in [0.15, 0.2) is 0 Å². The topological polar surface area (TPSA) is 95.4 Å². The Bertz CT molecular complexity index is 480. The van der Waals surface area contributed by atoms with E-state index in [1.807, 2.05) is 6.92 Å². The fourth-order valence-electron chi connectivity index (χ4n) is 2.49. The SMILES string of the molecule is CC1CCCN(C(=O)NCc2cccnn2)C1C(=O)O. The Balaban J connectivity index is 1.98. The van der Waals surface area contributed by atoms with E-state index >= 15 is 0 Å². The Morgan fingerprint density at radius 3 is 3.00 bits per heavy atom. The summed E-state index contributed by atoms with van der Waals surface area (Å²) in [6.45, 7) is 2.57. The number of carbonyl (C=O) groups is 2. The highest BCUT2D eigenvalue weighted by Gasteiger charge is 2.36. The molecule has 2 unspecified atom stereocenters. The first kappa shape index (κ1) is 14.2. The molecule has 0 spiro atoms. The van der Waals surface area contributed by atoms with E-state index in [1.165, 1.54) is 4.90 Å². The van der Waals surface area contributed by atoms with Crippen molar-refractivity contribution in [1.29, 1.82) is 0 Å². The van der Waals surface area contributed by atoms with Crippen molar-refractivity contribution in [3.63, 3.8) is 0 Å². The second-order valence-electron chi connectivity index (χ2n) is 4.97. The van der Waals surface area contributed by atoms with Gasteiger partial charge in [-0.1, -0.05) is 6.92 Å². The molecule has 1 aromatic rings. The summed E-state index contributed by atoms with van der Waals surface area (Å²) < 4.78 is 0. The smallest absolute Gasteiger partial charge is 0.326 e. The number of rotatable bonds is 3. The van der Waals surface area contributed by atoms with Crippen LogP contribution in [-0.2, 0) is 11.3 Å². The fourth-order valence-corrected chi connectivity index (χ4v) is 2.49. The molecule has 0 radical (unpaired) electrons. The van der Waals surface area contributed by atoms with Crippen molar-refractivity contribution in [3.05, 3.63) is 24.0 Å². The lowest BCUT2D eigenvalue weighted by Gasteiger charge is -2.37. The number of aromatic nitrogens is 2. The maximum absolute atomic E-state index is 12.1. The summed E-state index contributed by atoms with van der Waals surface area (Å²) in [5.74, 6) is -0.990. The van der Waals surface area contributed by atoms with E-state index in [9.17, 15) is 14.7 Å². The summed E-state index contributed by atoms with van der Waals surface area (Å²) in [6.07, 6.45) is 3.20. The summed E-state index contributed by atoms with van der Waals surface area (Å²) in [5.41, 5.74) is 0.637. The highest BCUT2D eigenvalue weighted by atomic mass is 16.4. The van der Waals surface area contributed by atoms with E-state index < -0.39 is 12.0 Å². The molecule has 1 aliphatic rings. The van der Waals surface area contributed by atoms with Crippen molar-refractivity contribution in [2.75, 3.05) is 6.54 Å². The molecule has 2 heterocycles. The summed E-state index contributed by atoms with van der Waals surface area (Å²) >= 11 is 0. The molecule has 2 amide bonds. The number of nitrogens with one attached hydrogen (secondary N) is 1. The number of hydrogen-bond acceptors (Lipinski definition) is 4. The average molecular weight is 278 g/mol. The zero-order valence-corrected chi connectivity index (χ0v) is 11.3. The normalized spacial score (nSPS) is 22.4. The van der Waals surface area contributed by atoms with Crippen LogP contribution in [0.1, 0.15) is 25.5 Å². The molecular formula is C13H18N4O3. The minimum atomic E-state index is -0.952. The second-order valence-corrected chi connectivity index (χ2v) is 4.97. The molecule has 7 heteroatoms. The lowest BCUT2D eigenvalue weighted by molar-refractivity contribution is -0.145. The minimum absolute atomic E-state index is 0.0384. The maximum atomic E-state index is 12.1. The van der Waals surface area contributed by atoms with Gasteiger partial charge in [0.05, 0.1) is 12.2 Å². The van der Waals surface area contributed by atoms with E-state index in [4.69, 9.17) is 0 Å². The van der Waals surface area contributed by atoms with Gasteiger partial charge < -0.3 is 15.3 Å². The molecule has 0 aliphatic carbocycles. The van der Waals surface area contributed by atoms with E-state index in [-0.39, 0.29) is 18.5 Å². The molecule has 2 atom stereocenters. The number of piperidine rings is 1. The van der Waals surface area contributed by atoms with Crippen molar-refractivity contribution in [2.45, 2.75) is 32.4 Å². The lowest BCUT2D eigenvalue weighted by Crippen LogP contribution is -2.54. The van der Waals surface area contributed by atoms with Crippen LogP contribution in [0.15, 0.2) is 18.3 Å². The van der Waals surface area contributed by atoms with Crippen LogP contribution >= 0.6 is 0 Å². The van der Waals surface area contributed by atoms with E-state index in [0.29, 0.717) is 12.2 Å². The number of aliphatic carboxylic acids is 1. The quantitative estimate of drug-likeness (QED) is 0.855. The number of amides is 2. The predicted octanol–water partition coefficient (Wildman–Crippen LogP) is 0.871. The molecule has 1 aromatic heterocycles. The number of hydrogen-bond donors (Lipinski definition) is 2. The zero-order valence-electron chi connectivity index (χ0n) is 11.3. The monoisotopic (exact) mass is 278 g/mol. The number of carboxylic acid groups (broad SMARTS) is 1. The number of urea groups is 1. The largest absolute Gasteiger partial charge is 0.480 e. The van der Waals surface area contributed by atoms with Gasteiger partial charge in [0.1, 0.15) is 6.04 Å². The first-order valence-corrected chi connectivity index (χ1v) is 6.63. The third kappa shape index (κ3) is 3.23. The summed E-state index contributed by atoms with van der Waals surface area (Å²) in [4.78, 5) is 24.8. The van der Waals surface area contributed by atoms with Crippen LogP contribution in [0.25, 0.3) is 0 Å². The minimum Gasteiger partial charge on any atom is -0.480 e. The molecule has 108 valence electrons. The average Bonchev–Trinajstić information content (AvgIpc) is 2.45. The number of likely N-dealkylation sites (tertiary alicyclic amines) is 1. The first-order valence-electron chi connectivity index (χ1n) is 6.63. The number of carbonyl (C=O) groups excluding carboxylic acids is 1. The van der Waals surface area contributed by atoms with Gasteiger partial charge in [-0.3, -0.25) is 0 Å². The van der Waals surface area contributed by atoms with Gasteiger partial charge in [-0.15, -0.1) is 0 Å². The second kappa shape index (κ2) is 6.31. The molecule has 1 aliphatic heterocycles. The highest BCUT2D eigenvalue weighted by Crippen LogP contribution is 2.23. The molecule has 7 nitrogen and oxygen atoms in total. The van der Waals surface area contributed by atoms with Gasteiger partial charge in [-0.05, 0) is 30.9 Å². The summed E-state index contributed by atoms with van der Waals surface area (Å²) in [5, 5.41) is 19.6. The van der Waals surface area contributed by atoms with Crippen molar-refractivity contribution >= 4 is 12.0 Å². The van der Waals surface area contributed by atoms with Crippen LogP contribution in [0.2, 0.25) is 0 Å². The predicted molar refractivity (Wildman–Crippen MR) is 70.8 cm³/mol. The molecule has 0 bridgehead atoms. The Labute approximate surface area is 117 Å². The number of carboxylic acids is 1. The molecule has 0 aromatic carbocycles. The van der Waals surface area contributed by atoms with Crippen LogP contribution < -0.4 is 5.32 Å². The Hall–Kier alpha value is -2.18. The Kier molecular flexibility index (Phi) is 4.49. The van der Waals surface area contributed by atoms with Crippen LogP contribution in [0.4, 0.5) is 4.79 Å². The van der Waals surface area contributed by atoms with Crippen LogP contribution in [0, 0.1) is 5.92 Å². The fraction of sp³-hybridized carbons (Fsp3) is 0.538. The lowest BCUT2D eigenvalue weighted by atomic mass is 9.91. The highest BCUT2D eigenvalue weighted by molar-refractivity contribution is 5.83. The van der Waals surface area contributed by atoms with Crippen molar-refractivity contribution in [1.82, 2.24) is 20.4 Å². The Morgan fingerprint density at radius 2 is 2.35 bits per heavy atom. The molecular weight excluding hydrogens is 260 g/mol. The van der Waals surface area contributed by atoms with Crippen LogP contribution in [0.5, 0.6) is 0 Å². The van der Waals surface area contributed by atoms with E-state index in [1.54, 1.807) is 18.3 Å². The molecule has 2 N–H and O–H groups in total.